The number of carbonyl (C=O) groups is 2. The summed E-state index contributed by atoms with van der Waals surface area (Å²) in [5.74, 6) is -1.28. The fraction of sp³-hybridized carbons (Fsp3) is 0.440. The second-order valence-corrected chi connectivity index (χ2v) is 8.47. The first-order valence-electron chi connectivity index (χ1n) is 11.1. The summed E-state index contributed by atoms with van der Waals surface area (Å²) in [6.45, 7) is 3.09. The van der Waals surface area contributed by atoms with Crippen molar-refractivity contribution < 1.29 is 18.7 Å². The molecule has 6 heteroatoms. The number of benzene rings is 2. The minimum absolute atomic E-state index is 0.0472. The van der Waals surface area contributed by atoms with E-state index in [1.807, 2.05) is 17.9 Å². The third kappa shape index (κ3) is 4.96. The first-order chi connectivity index (χ1) is 15.0. The Hall–Kier alpha value is -2.73. The monoisotopic (exact) mass is 424 g/mol. The molecular weight excluding hydrogens is 395 g/mol. The lowest BCUT2D eigenvalue weighted by Gasteiger charge is -2.33. The van der Waals surface area contributed by atoms with Gasteiger partial charge in [0.25, 0.3) is 11.8 Å². The lowest BCUT2D eigenvalue weighted by atomic mass is 10.0. The molecule has 1 aliphatic heterocycles. The van der Waals surface area contributed by atoms with Crippen molar-refractivity contribution in [2.75, 3.05) is 18.4 Å². The van der Waals surface area contributed by atoms with Gasteiger partial charge in [0, 0.05) is 13.1 Å². The molecule has 0 radical (unpaired) electrons. The van der Waals surface area contributed by atoms with Gasteiger partial charge < -0.3 is 15.0 Å². The number of piperidine rings is 1. The normalized spacial score (nSPS) is 17.7. The molecule has 164 valence electrons. The SMILES string of the molecule is Cc1cccc(C(=O)N2CCC(OC3CCCC3)CC2)c1NC(=O)c1ccccc1F. The molecule has 2 fully saturated rings. The number of para-hydroxylation sites is 1. The highest BCUT2D eigenvalue weighted by Gasteiger charge is 2.28. The predicted molar refractivity (Wildman–Crippen MR) is 118 cm³/mol. The molecule has 0 unspecified atom stereocenters. The molecule has 2 aromatic rings. The first-order valence-corrected chi connectivity index (χ1v) is 11.1. The van der Waals surface area contributed by atoms with Crippen molar-refractivity contribution in [1.29, 1.82) is 0 Å². The van der Waals surface area contributed by atoms with Gasteiger partial charge in [-0.25, -0.2) is 4.39 Å². The molecular formula is C25H29FN2O3. The summed E-state index contributed by atoms with van der Waals surface area (Å²) in [7, 11) is 0. The van der Waals surface area contributed by atoms with Crippen LogP contribution in [0.3, 0.4) is 0 Å². The molecule has 0 aromatic heterocycles. The average molecular weight is 425 g/mol. The third-order valence-corrected chi connectivity index (χ3v) is 6.28. The summed E-state index contributed by atoms with van der Waals surface area (Å²) in [6.07, 6.45) is 7.03. The van der Waals surface area contributed by atoms with Crippen LogP contribution in [0.25, 0.3) is 0 Å². The maximum atomic E-state index is 14.0. The standard InChI is InChI=1S/C25H29FN2O3/c1-17-7-6-11-21(23(17)27-24(29)20-10-4-5-12-22(20)26)25(30)28-15-13-19(14-16-28)31-18-8-2-3-9-18/h4-7,10-12,18-19H,2-3,8-9,13-16H2,1H3,(H,27,29). The van der Waals surface area contributed by atoms with Crippen LogP contribution in [0.15, 0.2) is 42.5 Å². The van der Waals surface area contributed by atoms with Gasteiger partial charge in [0.05, 0.1) is 29.0 Å². The highest BCUT2D eigenvalue weighted by Crippen LogP contribution is 2.28. The van der Waals surface area contributed by atoms with Crippen LogP contribution in [0.5, 0.6) is 0 Å². The second-order valence-electron chi connectivity index (χ2n) is 8.47. The van der Waals surface area contributed by atoms with Gasteiger partial charge in [-0.2, -0.15) is 0 Å². The fourth-order valence-electron chi connectivity index (χ4n) is 4.50. The number of nitrogens with one attached hydrogen (secondary N) is 1. The molecule has 0 spiro atoms. The van der Waals surface area contributed by atoms with Crippen molar-refractivity contribution >= 4 is 17.5 Å². The minimum Gasteiger partial charge on any atom is -0.375 e. The molecule has 1 aliphatic carbocycles. The van der Waals surface area contributed by atoms with E-state index in [0.717, 1.165) is 31.2 Å². The van der Waals surface area contributed by atoms with Gasteiger partial charge in [-0.15, -0.1) is 0 Å². The maximum absolute atomic E-state index is 14.0. The number of likely N-dealkylation sites (tertiary alicyclic amines) is 1. The molecule has 4 rings (SSSR count). The minimum atomic E-state index is -0.592. The van der Waals surface area contributed by atoms with Crippen LogP contribution in [-0.2, 0) is 4.74 Å². The third-order valence-electron chi connectivity index (χ3n) is 6.28. The van der Waals surface area contributed by atoms with Crippen LogP contribution in [0.4, 0.5) is 10.1 Å². The zero-order chi connectivity index (χ0) is 21.8. The van der Waals surface area contributed by atoms with Gasteiger partial charge in [-0.3, -0.25) is 9.59 Å². The quantitative estimate of drug-likeness (QED) is 0.739. The average Bonchev–Trinajstić information content (AvgIpc) is 3.28. The lowest BCUT2D eigenvalue weighted by Crippen LogP contribution is -2.42. The summed E-state index contributed by atoms with van der Waals surface area (Å²) in [6, 6.07) is 11.2. The number of hydrogen-bond acceptors (Lipinski definition) is 3. The molecule has 1 N–H and O–H groups in total. The van der Waals surface area contributed by atoms with Crippen molar-refractivity contribution in [3.63, 3.8) is 0 Å². The molecule has 2 aliphatic rings. The van der Waals surface area contributed by atoms with Gasteiger partial charge in [0.2, 0.25) is 0 Å². The summed E-state index contributed by atoms with van der Waals surface area (Å²) in [5, 5.41) is 2.76. The van der Waals surface area contributed by atoms with Crippen LogP contribution in [0.2, 0.25) is 0 Å². The van der Waals surface area contributed by atoms with Crippen molar-refractivity contribution in [2.45, 2.75) is 57.7 Å². The van der Waals surface area contributed by atoms with Crippen LogP contribution >= 0.6 is 0 Å². The van der Waals surface area contributed by atoms with Crippen molar-refractivity contribution in [3.05, 3.63) is 65.0 Å². The zero-order valence-electron chi connectivity index (χ0n) is 17.9. The van der Waals surface area contributed by atoms with Crippen LogP contribution < -0.4 is 5.32 Å². The Morgan fingerprint density at radius 1 is 0.935 bits per heavy atom. The van der Waals surface area contributed by atoms with Crippen LogP contribution in [0.1, 0.15) is 64.8 Å². The predicted octanol–water partition coefficient (Wildman–Crippen LogP) is 4.95. The van der Waals surface area contributed by atoms with E-state index >= 15 is 0 Å². The molecule has 1 saturated carbocycles. The Morgan fingerprint density at radius 3 is 2.29 bits per heavy atom. The van der Waals surface area contributed by atoms with E-state index in [4.69, 9.17) is 4.74 Å². The number of ether oxygens (including phenoxy) is 1. The number of nitrogens with zero attached hydrogens (tertiary/aromatic N) is 1. The van der Waals surface area contributed by atoms with E-state index in [9.17, 15) is 14.0 Å². The number of rotatable bonds is 5. The van der Waals surface area contributed by atoms with Crippen molar-refractivity contribution in [2.24, 2.45) is 0 Å². The second kappa shape index (κ2) is 9.60. The topological polar surface area (TPSA) is 58.6 Å². The number of amides is 2. The van der Waals surface area contributed by atoms with E-state index in [1.165, 1.54) is 31.0 Å². The molecule has 31 heavy (non-hydrogen) atoms. The largest absolute Gasteiger partial charge is 0.375 e. The van der Waals surface area contributed by atoms with Crippen molar-refractivity contribution in [3.8, 4) is 0 Å². The van der Waals surface area contributed by atoms with Crippen molar-refractivity contribution in [1.82, 2.24) is 4.90 Å². The lowest BCUT2D eigenvalue weighted by molar-refractivity contribution is -0.0357. The number of anilines is 1. The van der Waals surface area contributed by atoms with Gasteiger partial charge in [0.15, 0.2) is 0 Å². The Labute approximate surface area is 182 Å². The molecule has 2 aromatic carbocycles. The molecule has 1 heterocycles. The van der Waals surface area contributed by atoms with Crippen LogP contribution in [0, 0.1) is 12.7 Å². The Balaban J connectivity index is 1.44. The zero-order valence-corrected chi connectivity index (χ0v) is 17.9. The Bertz CT molecular complexity index is 948. The van der Waals surface area contributed by atoms with Gasteiger partial charge in [-0.1, -0.05) is 37.1 Å². The number of hydrogen-bond donors (Lipinski definition) is 1. The highest BCUT2D eigenvalue weighted by molar-refractivity contribution is 6.09. The summed E-state index contributed by atoms with van der Waals surface area (Å²) < 4.78 is 20.2. The summed E-state index contributed by atoms with van der Waals surface area (Å²) in [5.41, 5.74) is 1.58. The number of carbonyl (C=O) groups excluding carboxylic acids is 2. The van der Waals surface area contributed by atoms with E-state index in [2.05, 4.69) is 5.32 Å². The number of aryl methyl sites for hydroxylation is 1. The fourth-order valence-corrected chi connectivity index (χ4v) is 4.50. The summed E-state index contributed by atoms with van der Waals surface area (Å²) >= 11 is 0. The molecule has 0 bridgehead atoms. The van der Waals surface area contributed by atoms with E-state index in [-0.39, 0.29) is 17.6 Å². The van der Waals surface area contributed by atoms with E-state index in [1.54, 1.807) is 18.2 Å². The van der Waals surface area contributed by atoms with Gasteiger partial charge in [-0.05, 0) is 56.4 Å². The maximum Gasteiger partial charge on any atom is 0.258 e. The smallest absolute Gasteiger partial charge is 0.258 e. The highest BCUT2D eigenvalue weighted by atomic mass is 19.1. The summed E-state index contributed by atoms with van der Waals surface area (Å²) in [4.78, 5) is 27.7. The first kappa shape index (κ1) is 21.5. The Kier molecular flexibility index (Phi) is 6.66. The van der Waals surface area contributed by atoms with Crippen LogP contribution in [-0.4, -0.2) is 42.0 Å². The number of halogens is 1. The van der Waals surface area contributed by atoms with E-state index < -0.39 is 11.7 Å². The van der Waals surface area contributed by atoms with E-state index in [0.29, 0.717) is 30.4 Å². The van der Waals surface area contributed by atoms with Gasteiger partial charge >= 0.3 is 0 Å². The molecule has 2 amide bonds. The molecule has 5 nitrogen and oxygen atoms in total. The molecule has 0 atom stereocenters. The molecule has 1 saturated heterocycles. The Morgan fingerprint density at radius 2 is 1.58 bits per heavy atom. The van der Waals surface area contributed by atoms with Gasteiger partial charge in [0.1, 0.15) is 5.82 Å².